The molecule has 2 aromatic rings. The van der Waals surface area contributed by atoms with E-state index in [2.05, 4.69) is 21.4 Å². The zero-order chi connectivity index (χ0) is 13.1. The first-order valence-electron chi connectivity index (χ1n) is 5.68. The van der Waals surface area contributed by atoms with Crippen molar-refractivity contribution in [2.45, 2.75) is 20.8 Å². The molecule has 0 aliphatic rings. The molecule has 2 heterocycles. The van der Waals surface area contributed by atoms with Gasteiger partial charge in [-0.25, -0.2) is 0 Å². The van der Waals surface area contributed by atoms with Crippen molar-refractivity contribution >= 4 is 11.4 Å². The molecule has 0 bridgehead atoms. The van der Waals surface area contributed by atoms with Gasteiger partial charge < -0.3 is 5.32 Å². The van der Waals surface area contributed by atoms with E-state index in [0.717, 1.165) is 28.5 Å². The Morgan fingerprint density at radius 3 is 2.56 bits per heavy atom. The molecule has 0 saturated heterocycles. The van der Waals surface area contributed by atoms with Crippen LogP contribution in [0.2, 0.25) is 0 Å². The van der Waals surface area contributed by atoms with Crippen LogP contribution < -0.4 is 5.32 Å². The highest BCUT2D eigenvalue weighted by atomic mass is 14.9. The first-order chi connectivity index (χ1) is 8.60. The number of aryl methyl sites for hydroxylation is 3. The van der Waals surface area contributed by atoms with E-state index < -0.39 is 0 Å². The van der Waals surface area contributed by atoms with Crippen LogP contribution in [-0.2, 0) is 0 Å². The van der Waals surface area contributed by atoms with Crippen LogP contribution in [0, 0.1) is 32.1 Å². The summed E-state index contributed by atoms with van der Waals surface area (Å²) in [5, 5.41) is 12.4. The van der Waals surface area contributed by atoms with Gasteiger partial charge in [-0.2, -0.15) is 5.26 Å². The molecule has 1 N–H and O–H groups in total. The third kappa shape index (κ3) is 2.46. The van der Waals surface area contributed by atoms with Gasteiger partial charge in [0.2, 0.25) is 0 Å². The minimum absolute atomic E-state index is 0.571. The van der Waals surface area contributed by atoms with Crippen molar-refractivity contribution < 1.29 is 0 Å². The van der Waals surface area contributed by atoms with Crippen molar-refractivity contribution in [3.8, 4) is 6.07 Å². The zero-order valence-electron chi connectivity index (χ0n) is 10.7. The Labute approximate surface area is 106 Å². The number of hydrogen-bond donors (Lipinski definition) is 1. The van der Waals surface area contributed by atoms with E-state index in [0.29, 0.717) is 5.56 Å². The highest BCUT2D eigenvalue weighted by molar-refractivity contribution is 5.67. The van der Waals surface area contributed by atoms with E-state index in [1.165, 1.54) is 0 Å². The lowest BCUT2D eigenvalue weighted by Gasteiger charge is -2.10. The molecule has 90 valence electrons. The first kappa shape index (κ1) is 12.1. The summed E-state index contributed by atoms with van der Waals surface area (Å²) in [6, 6.07) is 7.91. The molecule has 0 aliphatic heterocycles. The van der Waals surface area contributed by atoms with Crippen molar-refractivity contribution in [2.24, 2.45) is 0 Å². The van der Waals surface area contributed by atoms with Crippen LogP contribution >= 0.6 is 0 Å². The molecule has 18 heavy (non-hydrogen) atoms. The minimum Gasteiger partial charge on any atom is -0.353 e. The van der Waals surface area contributed by atoms with Crippen LogP contribution in [0.5, 0.6) is 0 Å². The van der Waals surface area contributed by atoms with Crippen LogP contribution in [0.25, 0.3) is 0 Å². The highest BCUT2D eigenvalue weighted by Gasteiger charge is 2.08. The van der Waals surface area contributed by atoms with Gasteiger partial charge in [-0.3, -0.25) is 9.97 Å². The molecule has 0 atom stereocenters. The van der Waals surface area contributed by atoms with Gasteiger partial charge in [0.25, 0.3) is 0 Å². The predicted molar refractivity (Wildman–Crippen MR) is 70.7 cm³/mol. The molecule has 0 saturated carbocycles. The van der Waals surface area contributed by atoms with Crippen LogP contribution in [0.3, 0.4) is 0 Å². The van der Waals surface area contributed by atoms with Gasteiger partial charge in [0.05, 0.1) is 28.8 Å². The van der Waals surface area contributed by atoms with E-state index in [4.69, 9.17) is 5.26 Å². The summed E-state index contributed by atoms with van der Waals surface area (Å²) in [7, 11) is 0. The van der Waals surface area contributed by atoms with Crippen LogP contribution in [0.1, 0.15) is 22.6 Å². The summed E-state index contributed by atoms with van der Waals surface area (Å²) in [5.74, 6) is 0. The van der Waals surface area contributed by atoms with E-state index in [-0.39, 0.29) is 0 Å². The summed E-state index contributed by atoms with van der Waals surface area (Å²) in [6.45, 7) is 5.68. The van der Waals surface area contributed by atoms with Gasteiger partial charge in [0, 0.05) is 11.4 Å². The number of pyridine rings is 2. The fourth-order valence-electron chi connectivity index (χ4n) is 1.77. The van der Waals surface area contributed by atoms with E-state index in [1.54, 1.807) is 6.20 Å². The Morgan fingerprint density at radius 1 is 1.17 bits per heavy atom. The average Bonchev–Trinajstić information content (AvgIpc) is 2.32. The van der Waals surface area contributed by atoms with Gasteiger partial charge in [-0.05, 0) is 39.0 Å². The smallest absolute Gasteiger partial charge is 0.103 e. The number of nitriles is 1. The normalized spacial score (nSPS) is 9.89. The second-order valence-electron chi connectivity index (χ2n) is 4.20. The monoisotopic (exact) mass is 238 g/mol. The van der Waals surface area contributed by atoms with Gasteiger partial charge in [0.15, 0.2) is 0 Å². The topological polar surface area (TPSA) is 61.6 Å². The van der Waals surface area contributed by atoms with Gasteiger partial charge in [-0.1, -0.05) is 0 Å². The standard InChI is InChI=1S/C14H14N4/c1-9-4-5-12(8-16-9)18-14-6-10(2)17-11(3)13(14)7-15/h4-6,8H,1-3H3,(H,17,18). The lowest BCUT2D eigenvalue weighted by Crippen LogP contribution is -2.00. The van der Waals surface area contributed by atoms with Crippen molar-refractivity contribution in [2.75, 3.05) is 5.32 Å². The lowest BCUT2D eigenvalue weighted by molar-refractivity contribution is 1.11. The van der Waals surface area contributed by atoms with Crippen LogP contribution in [0.15, 0.2) is 24.4 Å². The first-order valence-corrected chi connectivity index (χ1v) is 5.68. The summed E-state index contributed by atoms with van der Waals surface area (Å²) in [5.41, 5.74) is 4.79. The molecule has 4 heteroatoms. The maximum Gasteiger partial charge on any atom is 0.103 e. The average molecular weight is 238 g/mol. The predicted octanol–water partition coefficient (Wildman–Crippen LogP) is 3.02. The van der Waals surface area contributed by atoms with E-state index in [9.17, 15) is 0 Å². The van der Waals surface area contributed by atoms with Gasteiger partial charge >= 0.3 is 0 Å². The van der Waals surface area contributed by atoms with Crippen LogP contribution in [-0.4, -0.2) is 9.97 Å². The molecule has 0 fully saturated rings. The van der Waals surface area contributed by atoms with Gasteiger partial charge in [0.1, 0.15) is 6.07 Å². The lowest BCUT2D eigenvalue weighted by atomic mass is 10.1. The van der Waals surface area contributed by atoms with Crippen molar-refractivity contribution in [3.05, 3.63) is 47.0 Å². The fraction of sp³-hybridized carbons (Fsp3) is 0.214. The summed E-state index contributed by atoms with van der Waals surface area (Å²) < 4.78 is 0. The van der Waals surface area contributed by atoms with Crippen LogP contribution in [0.4, 0.5) is 11.4 Å². The molecule has 2 aromatic heterocycles. The maximum absolute atomic E-state index is 9.17. The quantitative estimate of drug-likeness (QED) is 0.873. The number of nitrogens with zero attached hydrogens (tertiary/aromatic N) is 3. The summed E-state index contributed by atoms with van der Waals surface area (Å²) >= 11 is 0. The molecule has 0 radical (unpaired) electrons. The molecule has 0 spiro atoms. The molecule has 0 amide bonds. The third-order valence-corrected chi connectivity index (χ3v) is 2.63. The molecule has 2 rings (SSSR count). The number of rotatable bonds is 2. The molecular weight excluding hydrogens is 224 g/mol. The Morgan fingerprint density at radius 2 is 1.94 bits per heavy atom. The number of aromatic nitrogens is 2. The van der Waals surface area contributed by atoms with E-state index >= 15 is 0 Å². The zero-order valence-corrected chi connectivity index (χ0v) is 10.7. The highest BCUT2D eigenvalue weighted by Crippen LogP contribution is 2.22. The fourth-order valence-corrected chi connectivity index (χ4v) is 1.77. The summed E-state index contributed by atoms with van der Waals surface area (Å²) in [6.07, 6.45) is 1.75. The molecule has 4 nitrogen and oxygen atoms in total. The minimum atomic E-state index is 0.571. The second-order valence-corrected chi connectivity index (χ2v) is 4.20. The largest absolute Gasteiger partial charge is 0.353 e. The van der Waals surface area contributed by atoms with Crippen molar-refractivity contribution in [1.82, 2.24) is 9.97 Å². The Bertz CT molecular complexity index is 609. The van der Waals surface area contributed by atoms with Crippen molar-refractivity contribution in [1.29, 1.82) is 5.26 Å². The SMILES string of the molecule is Cc1ccc(Nc2cc(C)nc(C)c2C#N)cn1. The second kappa shape index (κ2) is 4.84. The number of nitrogens with one attached hydrogen (secondary N) is 1. The Balaban J connectivity index is 2.40. The maximum atomic E-state index is 9.17. The van der Waals surface area contributed by atoms with Gasteiger partial charge in [-0.15, -0.1) is 0 Å². The molecule has 0 aromatic carbocycles. The molecular formula is C14H14N4. The Hall–Kier alpha value is -2.41. The molecule has 0 aliphatic carbocycles. The Kier molecular flexibility index (Phi) is 3.24. The number of hydrogen-bond acceptors (Lipinski definition) is 4. The summed E-state index contributed by atoms with van der Waals surface area (Å²) in [4.78, 5) is 8.50. The third-order valence-electron chi connectivity index (χ3n) is 2.63. The van der Waals surface area contributed by atoms with E-state index in [1.807, 2.05) is 39.0 Å². The molecule has 0 unspecified atom stereocenters. The number of anilines is 2. The van der Waals surface area contributed by atoms with Crippen molar-refractivity contribution in [3.63, 3.8) is 0 Å².